The maximum Gasteiger partial charge on any atom is 0.326 e. The van der Waals surface area contributed by atoms with E-state index in [9.17, 15) is 34.2 Å². The molecule has 12 heteroatoms. The highest BCUT2D eigenvalue weighted by molar-refractivity contribution is 5.91. The number of carboxylic acid groups (broad SMARTS) is 1. The van der Waals surface area contributed by atoms with Crippen LogP contribution in [0.1, 0.15) is 85.3 Å². The minimum Gasteiger partial charge on any atom is -0.494 e. The summed E-state index contributed by atoms with van der Waals surface area (Å²) in [6.45, 7) is 13.3. The number of aliphatic hydroxyl groups is 1. The molecule has 282 valence electrons. The van der Waals surface area contributed by atoms with Gasteiger partial charge in [-0.05, 0) is 53.9 Å². The molecule has 2 aromatic rings. The van der Waals surface area contributed by atoms with Gasteiger partial charge in [0.2, 0.25) is 23.6 Å². The van der Waals surface area contributed by atoms with Crippen molar-refractivity contribution in [3.63, 3.8) is 0 Å². The van der Waals surface area contributed by atoms with Crippen molar-refractivity contribution >= 4 is 29.6 Å². The Bertz CT molecular complexity index is 1420. The summed E-state index contributed by atoms with van der Waals surface area (Å²) in [6, 6.07) is 12.4. The van der Waals surface area contributed by atoms with Gasteiger partial charge in [-0.3, -0.25) is 19.2 Å². The number of hydrogen-bond acceptors (Lipinski definition) is 7. The van der Waals surface area contributed by atoms with Crippen molar-refractivity contribution in [1.82, 2.24) is 21.3 Å². The Balaban J connectivity index is 2.24. The van der Waals surface area contributed by atoms with E-state index < -0.39 is 60.4 Å². The normalized spacial score (nSPS) is 15.3. The van der Waals surface area contributed by atoms with E-state index in [2.05, 4.69) is 21.3 Å². The summed E-state index contributed by atoms with van der Waals surface area (Å²) in [4.78, 5) is 65.3. The summed E-state index contributed by atoms with van der Waals surface area (Å²) in [5, 5.41) is 32.0. The molecule has 7 unspecified atom stereocenters. The first-order chi connectivity index (χ1) is 24.2. The zero-order valence-electron chi connectivity index (χ0n) is 31.1. The molecule has 0 aliphatic heterocycles. The molecule has 7 atom stereocenters. The molecule has 0 spiro atoms. The SMILES string of the molecule is CCCOc1cccc(CC(=O)NC(C(=O)NC(Cc2ccccc2)C(O)CC(=O)NC(C(=O)NC(C(=O)O)C(C)C)C(C)CC)C(C)CC)c1. The standard InChI is InChI=1S/C39H58N4O8/c1-8-19-51-29-18-14-17-28(20-29)22-32(45)41-35(25(6)9-2)37(47)40-30(21-27-15-12-11-13-16-27)31(44)23-33(46)42-36(26(7)10-3)38(48)43-34(24(4)5)39(49)50/h11-18,20,24-26,30-31,34-36,44H,8-10,19,21-23H2,1-7H3,(H,40,47)(H,41,45)(H,42,46)(H,43,48)(H,49,50). The van der Waals surface area contributed by atoms with Gasteiger partial charge in [0.15, 0.2) is 0 Å². The number of hydrogen-bond donors (Lipinski definition) is 6. The van der Waals surface area contributed by atoms with E-state index in [1.807, 2.05) is 76.2 Å². The zero-order valence-corrected chi connectivity index (χ0v) is 31.1. The van der Waals surface area contributed by atoms with Crippen LogP contribution < -0.4 is 26.0 Å². The lowest BCUT2D eigenvalue weighted by Crippen LogP contribution is -2.57. The zero-order chi connectivity index (χ0) is 38.1. The summed E-state index contributed by atoms with van der Waals surface area (Å²) in [6.07, 6.45) is 0.382. The minimum absolute atomic E-state index is 0.0368. The average molecular weight is 711 g/mol. The lowest BCUT2D eigenvalue weighted by molar-refractivity contribution is -0.143. The number of nitrogens with one attached hydrogen (secondary N) is 4. The Labute approximate surface area is 302 Å². The van der Waals surface area contributed by atoms with Crippen LogP contribution >= 0.6 is 0 Å². The molecule has 0 aromatic heterocycles. The summed E-state index contributed by atoms with van der Waals surface area (Å²) < 4.78 is 5.69. The van der Waals surface area contributed by atoms with Crippen LogP contribution in [-0.2, 0) is 36.8 Å². The lowest BCUT2D eigenvalue weighted by atomic mass is 9.94. The summed E-state index contributed by atoms with van der Waals surface area (Å²) in [7, 11) is 0. The largest absolute Gasteiger partial charge is 0.494 e. The highest BCUT2D eigenvalue weighted by Gasteiger charge is 2.34. The van der Waals surface area contributed by atoms with Gasteiger partial charge in [0.05, 0.1) is 31.6 Å². The lowest BCUT2D eigenvalue weighted by Gasteiger charge is -2.30. The molecule has 0 heterocycles. The van der Waals surface area contributed by atoms with Crippen molar-refractivity contribution in [3.8, 4) is 5.75 Å². The number of amides is 4. The van der Waals surface area contributed by atoms with Crippen LogP contribution in [0.2, 0.25) is 0 Å². The third kappa shape index (κ3) is 14.4. The summed E-state index contributed by atoms with van der Waals surface area (Å²) >= 11 is 0. The monoisotopic (exact) mass is 710 g/mol. The minimum atomic E-state index is -1.36. The quantitative estimate of drug-likeness (QED) is 0.107. The number of benzene rings is 2. The van der Waals surface area contributed by atoms with E-state index in [-0.39, 0.29) is 36.5 Å². The maximum atomic E-state index is 13.8. The number of aliphatic hydroxyl groups excluding tert-OH is 1. The highest BCUT2D eigenvalue weighted by atomic mass is 16.5. The van der Waals surface area contributed by atoms with Crippen LogP contribution in [0.5, 0.6) is 5.75 Å². The first-order valence-electron chi connectivity index (χ1n) is 18.1. The third-order valence-corrected chi connectivity index (χ3v) is 9.08. The predicted octanol–water partition coefficient (Wildman–Crippen LogP) is 3.78. The van der Waals surface area contributed by atoms with Crippen LogP contribution in [0.4, 0.5) is 0 Å². The Kier molecular flexibility index (Phi) is 18.2. The Morgan fingerprint density at radius 1 is 0.706 bits per heavy atom. The molecular weight excluding hydrogens is 652 g/mol. The van der Waals surface area contributed by atoms with Gasteiger partial charge >= 0.3 is 5.97 Å². The molecule has 51 heavy (non-hydrogen) atoms. The van der Waals surface area contributed by atoms with Gasteiger partial charge < -0.3 is 36.2 Å². The van der Waals surface area contributed by atoms with Crippen molar-refractivity contribution in [2.24, 2.45) is 17.8 Å². The van der Waals surface area contributed by atoms with Gasteiger partial charge in [-0.25, -0.2) is 4.79 Å². The number of carboxylic acids is 1. The van der Waals surface area contributed by atoms with E-state index in [1.165, 1.54) is 0 Å². The van der Waals surface area contributed by atoms with E-state index in [1.54, 1.807) is 26.8 Å². The van der Waals surface area contributed by atoms with E-state index >= 15 is 0 Å². The number of carbonyl (C=O) groups excluding carboxylic acids is 4. The van der Waals surface area contributed by atoms with E-state index in [0.717, 1.165) is 17.5 Å². The number of aliphatic carboxylic acids is 1. The summed E-state index contributed by atoms with van der Waals surface area (Å²) in [5.74, 6) is -3.59. The van der Waals surface area contributed by atoms with Crippen molar-refractivity contribution in [2.45, 2.75) is 117 Å². The second-order valence-electron chi connectivity index (χ2n) is 13.7. The van der Waals surface area contributed by atoms with Gasteiger partial charge in [0.1, 0.15) is 23.9 Å². The van der Waals surface area contributed by atoms with Crippen molar-refractivity contribution in [2.75, 3.05) is 6.61 Å². The van der Waals surface area contributed by atoms with Gasteiger partial charge in [-0.15, -0.1) is 0 Å². The molecule has 6 N–H and O–H groups in total. The van der Waals surface area contributed by atoms with Gasteiger partial charge in [-0.2, -0.15) is 0 Å². The van der Waals surface area contributed by atoms with Gasteiger partial charge in [0.25, 0.3) is 0 Å². The molecule has 2 aromatic carbocycles. The molecule has 0 saturated heterocycles. The molecule has 0 fully saturated rings. The van der Waals surface area contributed by atoms with Gasteiger partial charge in [0, 0.05) is 0 Å². The van der Waals surface area contributed by atoms with E-state index in [4.69, 9.17) is 4.74 Å². The first kappa shape index (κ1) is 42.7. The van der Waals surface area contributed by atoms with Crippen LogP contribution in [-0.4, -0.2) is 76.7 Å². The molecule has 0 saturated carbocycles. The molecule has 12 nitrogen and oxygen atoms in total. The second kappa shape index (κ2) is 21.7. The van der Waals surface area contributed by atoms with Crippen molar-refractivity contribution < 1.29 is 38.9 Å². The molecular formula is C39H58N4O8. The molecule has 0 aliphatic rings. The van der Waals surface area contributed by atoms with E-state index in [0.29, 0.717) is 25.2 Å². The fourth-order valence-electron chi connectivity index (χ4n) is 5.52. The third-order valence-electron chi connectivity index (χ3n) is 9.08. The van der Waals surface area contributed by atoms with Crippen molar-refractivity contribution in [3.05, 3.63) is 65.7 Å². The van der Waals surface area contributed by atoms with Crippen LogP contribution in [0.15, 0.2) is 54.6 Å². The molecule has 0 radical (unpaired) electrons. The van der Waals surface area contributed by atoms with Crippen LogP contribution in [0.3, 0.4) is 0 Å². The summed E-state index contributed by atoms with van der Waals surface area (Å²) in [5.41, 5.74) is 1.54. The van der Waals surface area contributed by atoms with Crippen molar-refractivity contribution in [1.29, 1.82) is 0 Å². The number of rotatable bonds is 22. The molecule has 0 aliphatic carbocycles. The average Bonchev–Trinajstić information content (AvgIpc) is 3.10. The molecule has 0 bridgehead atoms. The Morgan fingerprint density at radius 3 is 1.82 bits per heavy atom. The first-order valence-corrected chi connectivity index (χ1v) is 18.1. The van der Waals surface area contributed by atoms with Gasteiger partial charge in [-0.1, -0.05) is 104 Å². The molecule has 2 rings (SSSR count). The Morgan fingerprint density at radius 2 is 1.27 bits per heavy atom. The molecule has 4 amide bonds. The maximum absolute atomic E-state index is 13.8. The fraction of sp³-hybridized carbons (Fsp3) is 0.564. The Hall–Kier alpha value is -4.45. The fourth-order valence-corrected chi connectivity index (χ4v) is 5.52. The van der Waals surface area contributed by atoms with Crippen LogP contribution in [0.25, 0.3) is 0 Å². The smallest absolute Gasteiger partial charge is 0.326 e. The topological polar surface area (TPSA) is 183 Å². The number of ether oxygens (including phenoxy) is 1. The number of carbonyl (C=O) groups is 5. The highest BCUT2D eigenvalue weighted by Crippen LogP contribution is 2.17. The predicted molar refractivity (Wildman–Crippen MR) is 196 cm³/mol. The second-order valence-corrected chi connectivity index (χ2v) is 13.7. The van der Waals surface area contributed by atoms with Crippen LogP contribution in [0, 0.1) is 17.8 Å².